The van der Waals surface area contributed by atoms with Crippen LogP contribution in [0, 0.1) is 0 Å². The number of aromatic nitrogens is 6. The number of carbonyl (C=O) groups is 3. The van der Waals surface area contributed by atoms with Crippen LogP contribution in [0.1, 0.15) is 31.1 Å². The van der Waals surface area contributed by atoms with Crippen LogP contribution in [0.25, 0.3) is 21.5 Å². The molecule has 22 N–H and O–H groups in total. The first kappa shape index (κ1) is 63.6. The highest BCUT2D eigenvalue weighted by atomic mass is 32.3. The molecule has 0 aliphatic heterocycles. The summed E-state index contributed by atoms with van der Waals surface area (Å²) in [7, 11) is -20.0. The van der Waals surface area contributed by atoms with E-state index < -0.39 is 183 Å². The minimum Gasteiger partial charge on any atom is -0.505 e. The number of nitrogen functional groups attached to an aromatic ring is 2. The fourth-order valence-corrected chi connectivity index (χ4v) is 10.7. The smallest absolute Gasteiger partial charge is 0.335 e. The maximum atomic E-state index is 12.5. The number of carboxylic acids is 3. The number of phenolic OH excluding ortho intramolecular Hbond substituents is 2. The average Bonchev–Trinajstić information content (AvgIpc) is 0.767. The Morgan fingerprint density at radius 2 is 0.822 bits per heavy atom. The summed E-state index contributed by atoms with van der Waals surface area (Å²) in [5.41, 5.74) is 7.64. The molecule has 2 aromatic heterocycles. The van der Waals surface area contributed by atoms with E-state index in [9.17, 15) is 98.3 Å². The number of nitrogens with zero attached hydrogens (tertiary/aromatic N) is 10. The number of benzene rings is 7. The number of hydrogen-bond acceptors (Lipinski definition) is 33. The van der Waals surface area contributed by atoms with Gasteiger partial charge in [-0.3, -0.25) is 9.11 Å². The SMILES string of the molecule is Nc1nc(Nc2ccc(Nc3nc(N)nc(Nc4cc(S(=O)(=O)O)cc5cc(S(O)(O)O)c(N=Nc6cc(C(=O)O)cc(C(=O)O)c6)c(O)c45)n3)cc2)nc(Nc2cc(S(=O)(=O)O)cc3cc(S(O)(O)O)c(N=Nc4cc(OCO)cc(C(=O)O)c4)c(O)c23)n1. The van der Waals surface area contributed by atoms with Crippen LogP contribution in [0.3, 0.4) is 0 Å². The molecule has 0 fully saturated rings. The van der Waals surface area contributed by atoms with Gasteiger partial charge >= 0.3 is 17.9 Å². The minimum absolute atomic E-state index is 0.198. The molecule has 9 aromatic rings. The van der Waals surface area contributed by atoms with E-state index in [2.05, 4.69) is 71.6 Å². The normalized spacial score (nSPS) is 12.5. The first-order valence-corrected chi connectivity index (χ1v) is 29.9. The second-order valence-electron chi connectivity index (χ2n) is 18.1. The summed E-state index contributed by atoms with van der Waals surface area (Å²) in [6.45, 7) is -0.881. The van der Waals surface area contributed by atoms with Crippen molar-refractivity contribution in [2.24, 2.45) is 20.5 Å². The Morgan fingerprint density at radius 3 is 1.17 bits per heavy atom. The molecular formula is C48H40N16O22S4. The van der Waals surface area contributed by atoms with Crippen molar-refractivity contribution in [1.82, 2.24) is 29.9 Å². The molecule has 0 unspecified atom stereocenters. The molecule has 0 saturated carbocycles. The van der Waals surface area contributed by atoms with Gasteiger partial charge in [-0.25, -0.2) is 14.4 Å². The van der Waals surface area contributed by atoms with Crippen LogP contribution in [0.4, 0.5) is 81.2 Å². The molecule has 0 aliphatic rings. The Bertz CT molecular complexity index is 4740. The number of aliphatic hydroxyl groups is 1. The van der Waals surface area contributed by atoms with E-state index in [-0.39, 0.29) is 40.1 Å². The van der Waals surface area contributed by atoms with Gasteiger partial charge in [-0.2, -0.15) is 57.0 Å². The van der Waals surface area contributed by atoms with Crippen LogP contribution >= 0.6 is 21.7 Å². The van der Waals surface area contributed by atoms with Gasteiger partial charge < -0.3 is 95.4 Å². The minimum atomic E-state index is -5.11. The first-order chi connectivity index (χ1) is 42.1. The third-order valence-electron chi connectivity index (χ3n) is 11.9. The molecule has 9 rings (SSSR count). The molecule has 0 bridgehead atoms. The predicted molar refractivity (Wildman–Crippen MR) is 316 cm³/mol. The Labute approximate surface area is 503 Å². The number of anilines is 10. The summed E-state index contributed by atoms with van der Waals surface area (Å²) < 4.78 is 138. The fourth-order valence-electron chi connectivity index (χ4n) is 8.22. The number of aromatic carboxylic acids is 3. The van der Waals surface area contributed by atoms with Crippen LogP contribution in [0.5, 0.6) is 17.2 Å². The number of fused-ring (bicyclic) bond motifs is 2. The molecule has 90 heavy (non-hydrogen) atoms. The van der Waals surface area contributed by atoms with E-state index in [1.807, 2.05) is 0 Å². The molecule has 468 valence electrons. The summed E-state index contributed by atoms with van der Waals surface area (Å²) in [6.07, 6.45) is 0. The van der Waals surface area contributed by atoms with Crippen LogP contribution in [0.2, 0.25) is 0 Å². The molecule has 0 aliphatic carbocycles. The van der Waals surface area contributed by atoms with E-state index in [1.165, 1.54) is 24.3 Å². The van der Waals surface area contributed by atoms with Crippen LogP contribution in [-0.2, 0) is 20.2 Å². The van der Waals surface area contributed by atoms with Gasteiger partial charge in [0.15, 0.2) is 18.3 Å². The van der Waals surface area contributed by atoms with Gasteiger partial charge in [0, 0.05) is 28.2 Å². The van der Waals surface area contributed by atoms with E-state index in [0.717, 1.165) is 72.8 Å². The topological polar surface area (TPSA) is 639 Å². The van der Waals surface area contributed by atoms with Crippen LogP contribution in [-0.4, -0.2) is 139 Å². The fraction of sp³-hybridized carbons (Fsp3) is 0.0208. The number of rotatable bonds is 21. The quantitative estimate of drug-likeness (QED) is 0.0181. The molecule has 2 heterocycles. The number of nitrogens with one attached hydrogen (secondary N) is 4. The van der Waals surface area contributed by atoms with Crippen molar-refractivity contribution in [1.29, 1.82) is 0 Å². The van der Waals surface area contributed by atoms with Crippen LogP contribution in [0.15, 0.2) is 137 Å². The van der Waals surface area contributed by atoms with Crippen molar-refractivity contribution >= 4 is 163 Å². The molecule has 0 atom stereocenters. The average molecular weight is 1320 g/mol. The molecule has 0 saturated heterocycles. The zero-order chi connectivity index (χ0) is 65.5. The molecule has 0 radical (unpaired) electrons. The lowest BCUT2D eigenvalue weighted by atomic mass is 10.1. The lowest BCUT2D eigenvalue weighted by molar-refractivity contribution is 0.0681. The van der Waals surface area contributed by atoms with E-state index >= 15 is 0 Å². The summed E-state index contributed by atoms with van der Waals surface area (Å²) in [5, 5.41) is 85.8. The van der Waals surface area contributed by atoms with Gasteiger partial charge in [0.25, 0.3) is 20.2 Å². The Hall–Kier alpha value is -10.9. The summed E-state index contributed by atoms with van der Waals surface area (Å²) in [6, 6.07) is 16.1. The molecule has 0 spiro atoms. The standard InChI is InChI=1S/C48H40N16O22S4/c49-43-55-45(59-47(57-43)53-30-15-28(87(74,75)76)10-18-12-32(89(80,81)82)36(38(66)34(18)30)63-61-25-6-20(40(68)69)5-21(7-25)41(70)71)51-23-1-3-24(4-2-23)52-46-56-44(50)58-48(60-46)54-31-16-29(88(77,78)79)11-19-13-33(90(83,84)85)37(39(67)35(19)31)64-62-26-8-22(42(72)73)9-27(14-26)86-17-65/h1-16,65-67,80-85H,17H2,(H,68,69)(H,70,71)(H,72,73)(H,74,75,76)(H,77,78,79)(H4,49,51,53,55,57,59)(H4,50,52,54,56,58,60). The third kappa shape index (κ3) is 14.4. The van der Waals surface area contributed by atoms with Gasteiger partial charge in [0.05, 0.1) is 59.0 Å². The largest absolute Gasteiger partial charge is 0.505 e. The number of ether oxygens (including phenoxy) is 1. The van der Waals surface area contributed by atoms with E-state index in [1.54, 1.807) is 0 Å². The summed E-state index contributed by atoms with van der Waals surface area (Å²) >= 11 is 0. The number of hydrogen-bond donors (Lipinski definition) is 20. The van der Waals surface area contributed by atoms with Gasteiger partial charge in [0.1, 0.15) is 38.9 Å². The van der Waals surface area contributed by atoms with Gasteiger partial charge in [-0.05, 0) is 102 Å². The zero-order valence-corrected chi connectivity index (χ0v) is 47.5. The Balaban J connectivity index is 1.01. The van der Waals surface area contributed by atoms with Gasteiger partial charge in [-0.15, -0.1) is 10.2 Å². The molecule has 0 amide bonds. The first-order valence-electron chi connectivity index (χ1n) is 24.0. The molecular weight excluding hydrogens is 1280 g/mol. The van der Waals surface area contributed by atoms with Gasteiger partial charge in [-0.1, -0.05) is 0 Å². The maximum Gasteiger partial charge on any atom is 0.335 e. The second kappa shape index (κ2) is 24.4. The van der Waals surface area contributed by atoms with Crippen LogP contribution < -0.4 is 37.5 Å². The van der Waals surface area contributed by atoms with Crippen molar-refractivity contribution < 1.29 is 103 Å². The van der Waals surface area contributed by atoms with E-state index in [4.69, 9.17) is 16.2 Å². The number of nitrogens with two attached hydrogens (primary N) is 2. The number of phenols is 2. The second-order valence-corrected chi connectivity index (χ2v) is 23.9. The predicted octanol–water partition coefficient (Wildman–Crippen LogP) is 8.83. The number of azo groups is 2. The third-order valence-corrected chi connectivity index (χ3v) is 15.4. The zero-order valence-electron chi connectivity index (χ0n) is 44.2. The lowest BCUT2D eigenvalue weighted by Crippen LogP contribution is -2.08. The summed E-state index contributed by atoms with van der Waals surface area (Å²) in [5.74, 6) is -9.31. The summed E-state index contributed by atoms with van der Waals surface area (Å²) in [4.78, 5) is 56.1. The Morgan fingerprint density at radius 1 is 0.467 bits per heavy atom. The monoisotopic (exact) mass is 1320 g/mol. The lowest BCUT2D eigenvalue weighted by Gasteiger charge is -2.23. The van der Waals surface area contributed by atoms with Crippen molar-refractivity contribution in [3.8, 4) is 17.2 Å². The van der Waals surface area contributed by atoms with Crippen molar-refractivity contribution in [2.45, 2.75) is 19.6 Å². The highest BCUT2D eigenvalue weighted by Gasteiger charge is 2.31. The number of aliphatic hydroxyl groups excluding tert-OH is 1. The van der Waals surface area contributed by atoms with Gasteiger partial charge in [0.2, 0.25) is 35.7 Å². The molecule has 42 heteroatoms. The highest BCUT2D eigenvalue weighted by Crippen LogP contribution is 2.57. The maximum absolute atomic E-state index is 12.5. The Kier molecular flexibility index (Phi) is 17.2. The van der Waals surface area contributed by atoms with Crippen molar-refractivity contribution in [3.63, 3.8) is 0 Å². The molecule has 38 nitrogen and oxygen atoms in total. The number of aromatic hydroxyl groups is 2. The van der Waals surface area contributed by atoms with Crippen molar-refractivity contribution in [2.75, 3.05) is 39.5 Å². The highest BCUT2D eigenvalue weighted by molar-refractivity contribution is 8.19. The van der Waals surface area contributed by atoms with E-state index in [0.29, 0.717) is 0 Å². The number of carboxylic acid groups (broad SMARTS) is 3. The van der Waals surface area contributed by atoms with Crippen molar-refractivity contribution in [3.05, 3.63) is 114 Å². The molecule has 7 aromatic carbocycles.